The van der Waals surface area contributed by atoms with Crippen LogP contribution in [0.3, 0.4) is 0 Å². The molecule has 7 heteroatoms. The molecule has 0 aliphatic heterocycles. The Labute approximate surface area is 147 Å². The van der Waals surface area contributed by atoms with E-state index in [1.54, 1.807) is 0 Å². The third kappa shape index (κ3) is 8.21. The summed E-state index contributed by atoms with van der Waals surface area (Å²) in [6.45, 7) is 2.23. The molecule has 6 nitrogen and oxygen atoms in total. The fourth-order valence-electron chi connectivity index (χ4n) is 1.91. The summed E-state index contributed by atoms with van der Waals surface area (Å²) in [5.74, 6) is -0.804. The van der Waals surface area contributed by atoms with Crippen LogP contribution < -0.4 is 5.32 Å². The van der Waals surface area contributed by atoms with Crippen molar-refractivity contribution < 1.29 is 24.2 Å². The number of hydrogen-bond donors (Lipinski definition) is 3. The van der Waals surface area contributed by atoms with Gasteiger partial charge in [0, 0.05) is 0 Å². The number of esters is 1. The van der Waals surface area contributed by atoms with Gasteiger partial charge >= 0.3 is 12.1 Å². The Kier molecular flexibility index (Phi) is 9.26. The van der Waals surface area contributed by atoms with Crippen molar-refractivity contribution in [2.75, 3.05) is 13.2 Å². The predicted octanol–water partition coefficient (Wildman–Crippen LogP) is 2.65. The monoisotopic (exact) mass is 355 g/mol. The van der Waals surface area contributed by atoms with Gasteiger partial charge in [0.25, 0.3) is 0 Å². The Morgan fingerprint density at radius 3 is 2.58 bits per heavy atom. The molecule has 1 unspecified atom stereocenters. The highest BCUT2D eigenvalue weighted by Crippen LogP contribution is 2.20. The number of ether oxygens (including phenoxy) is 2. The van der Waals surface area contributed by atoms with Crippen LogP contribution in [0.2, 0.25) is 0 Å². The third-order valence-corrected chi connectivity index (χ3v) is 3.68. The fraction of sp³-hybridized carbons (Fsp3) is 0.529. The number of amides is 1. The number of rotatable bonds is 10. The lowest BCUT2D eigenvalue weighted by molar-refractivity contribution is -0.156. The van der Waals surface area contributed by atoms with Gasteiger partial charge < -0.3 is 19.9 Å². The number of hydrogen-bond acceptors (Lipinski definition) is 6. The van der Waals surface area contributed by atoms with Crippen LogP contribution in [-0.2, 0) is 20.9 Å². The van der Waals surface area contributed by atoms with Crippen molar-refractivity contribution in [3.8, 4) is 0 Å². The van der Waals surface area contributed by atoms with E-state index in [0.717, 1.165) is 18.4 Å². The second-order valence-corrected chi connectivity index (χ2v) is 6.14. The van der Waals surface area contributed by atoms with Gasteiger partial charge in [-0.2, -0.15) is 0 Å². The minimum atomic E-state index is -1.79. The first-order chi connectivity index (χ1) is 11.5. The van der Waals surface area contributed by atoms with Gasteiger partial charge in [-0.3, -0.25) is 0 Å². The molecule has 0 heterocycles. The van der Waals surface area contributed by atoms with E-state index in [1.165, 1.54) is 0 Å². The second kappa shape index (κ2) is 10.9. The summed E-state index contributed by atoms with van der Waals surface area (Å²) in [5.41, 5.74) is 0.881. The molecule has 0 fully saturated rings. The molecule has 0 bridgehead atoms. The predicted molar refractivity (Wildman–Crippen MR) is 93.7 cm³/mol. The van der Waals surface area contributed by atoms with E-state index < -0.39 is 17.0 Å². The van der Waals surface area contributed by atoms with Crippen molar-refractivity contribution in [3.63, 3.8) is 0 Å². The average Bonchev–Trinajstić information content (AvgIpc) is 2.57. The normalized spacial score (nSPS) is 13.0. The number of carbonyl (C=O) groups excluding carboxylic acids is 2. The van der Waals surface area contributed by atoms with E-state index in [2.05, 4.69) is 17.9 Å². The molecule has 1 amide bonds. The Morgan fingerprint density at radius 1 is 1.21 bits per heavy atom. The molecule has 1 rings (SSSR count). The maximum Gasteiger partial charge on any atom is 0.407 e. The van der Waals surface area contributed by atoms with E-state index in [4.69, 9.17) is 9.47 Å². The molecule has 0 aliphatic rings. The minimum absolute atomic E-state index is 0.0596. The highest BCUT2D eigenvalue weighted by Gasteiger charge is 2.32. The molecule has 1 aromatic carbocycles. The number of aliphatic hydroxyl groups is 1. The first-order valence-corrected chi connectivity index (χ1v) is 8.47. The van der Waals surface area contributed by atoms with Crippen LogP contribution in [0.15, 0.2) is 30.3 Å². The second-order valence-electron chi connectivity index (χ2n) is 5.40. The molecule has 2 N–H and O–H groups in total. The van der Waals surface area contributed by atoms with Gasteiger partial charge in [-0.1, -0.05) is 50.1 Å². The molecule has 0 aliphatic carbocycles. The summed E-state index contributed by atoms with van der Waals surface area (Å²) in [4.78, 5) is 21.4. The highest BCUT2D eigenvalue weighted by atomic mass is 32.1. The molecule has 0 saturated carbocycles. The molecule has 24 heavy (non-hydrogen) atoms. The molecular weight excluding hydrogens is 330 g/mol. The highest BCUT2D eigenvalue weighted by molar-refractivity contribution is 7.82. The van der Waals surface area contributed by atoms with Crippen molar-refractivity contribution in [1.82, 2.24) is 5.32 Å². The number of thiol groups is 1. The van der Waals surface area contributed by atoms with Gasteiger partial charge in [0.15, 0.2) is 0 Å². The molecular formula is C17H25NO5S. The van der Waals surface area contributed by atoms with Crippen molar-refractivity contribution in [3.05, 3.63) is 35.9 Å². The summed E-state index contributed by atoms with van der Waals surface area (Å²) >= 11 is 3.94. The molecule has 0 saturated heterocycles. The van der Waals surface area contributed by atoms with Crippen molar-refractivity contribution in [2.24, 2.45) is 0 Å². The van der Waals surface area contributed by atoms with Crippen molar-refractivity contribution in [1.29, 1.82) is 0 Å². The maximum absolute atomic E-state index is 11.7. The van der Waals surface area contributed by atoms with Crippen molar-refractivity contribution >= 4 is 24.7 Å². The number of carbonyl (C=O) groups is 2. The topological polar surface area (TPSA) is 84.9 Å². The molecule has 134 valence electrons. The summed E-state index contributed by atoms with van der Waals surface area (Å²) < 4.78 is 9.93. The molecule has 1 atom stereocenters. The van der Waals surface area contributed by atoms with Gasteiger partial charge in [-0.05, 0) is 18.4 Å². The Morgan fingerprint density at radius 2 is 1.92 bits per heavy atom. The zero-order valence-electron chi connectivity index (χ0n) is 13.9. The maximum atomic E-state index is 11.7. The first-order valence-electron chi connectivity index (χ1n) is 8.02. The molecule has 0 aromatic heterocycles. The first kappa shape index (κ1) is 20.3. The van der Waals surface area contributed by atoms with E-state index in [0.29, 0.717) is 6.42 Å². The van der Waals surface area contributed by atoms with Gasteiger partial charge in [-0.15, -0.1) is 12.6 Å². The van der Waals surface area contributed by atoms with Crippen LogP contribution in [0.25, 0.3) is 0 Å². The van der Waals surface area contributed by atoms with Gasteiger partial charge in [-0.25, -0.2) is 9.59 Å². The lowest BCUT2D eigenvalue weighted by atomic mass is 10.1. The van der Waals surface area contributed by atoms with Crippen LogP contribution in [0.4, 0.5) is 4.79 Å². The number of alkyl carbamates (subject to hydrolysis) is 1. The van der Waals surface area contributed by atoms with E-state index >= 15 is 0 Å². The summed E-state index contributed by atoms with van der Waals surface area (Å²) in [6, 6.07) is 9.29. The summed E-state index contributed by atoms with van der Waals surface area (Å²) in [6.07, 6.45) is 2.21. The number of unbranched alkanes of at least 4 members (excludes halogenated alkanes) is 2. The molecule has 0 radical (unpaired) electrons. The van der Waals surface area contributed by atoms with Gasteiger partial charge in [0.1, 0.15) is 13.2 Å². The summed E-state index contributed by atoms with van der Waals surface area (Å²) in [5, 5.41) is 12.4. The van der Waals surface area contributed by atoms with Gasteiger partial charge in [0.2, 0.25) is 4.93 Å². The molecule has 1 aromatic rings. The average molecular weight is 355 g/mol. The Balaban J connectivity index is 2.15. The van der Waals surface area contributed by atoms with E-state index in [9.17, 15) is 14.7 Å². The Bertz CT molecular complexity index is 507. The summed E-state index contributed by atoms with van der Waals surface area (Å²) in [7, 11) is 0. The van der Waals surface area contributed by atoms with E-state index in [1.807, 2.05) is 37.3 Å². The number of nitrogens with one attached hydrogen (secondary N) is 1. The fourth-order valence-corrected chi connectivity index (χ4v) is 2.13. The van der Waals surface area contributed by atoms with Crippen LogP contribution in [-0.4, -0.2) is 35.3 Å². The molecule has 0 spiro atoms. The quantitative estimate of drug-likeness (QED) is 0.260. The SMILES string of the molecule is CCCCCC(O)(S)C(=O)OCCNC(=O)OCc1ccccc1. The smallest absolute Gasteiger partial charge is 0.407 e. The van der Waals surface area contributed by atoms with Crippen LogP contribution >= 0.6 is 12.6 Å². The lowest BCUT2D eigenvalue weighted by Gasteiger charge is -2.20. The zero-order chi connectivity index (χ0) is 17.8. The Hall–Kier alpha value is -1.73. The third-order valence-electron chi connectivity index (χ3n) is 3.27. The van der Waals surface area contributed by atoms with Crippen LogP contribution in [0.1, 0.15) is 38.2 Å². The van der Waals surface area contributed by atoms with Crippen LogP contribution in [0, 0.1) is 0 Å². The lowest BCUT2D eigenvalue weighted by Crippen LogP contribution is -2.36. The van der Waals surface area contributed by atoms with Crippen LogP contribution in [0.5, 0.6) is 0 Å². The minimum Gasteiger partial charge on any atom is -0.461 e. The standard InChI is InChI=1S/C17H25NO5S/c1-2-3-7-10-17(21,24)15(19)22-12-11-18-16(20)23-13-14-8-5-4-6-9-14/h4-6,8-9,21,24H,2-3,7,10-13H2,1H3,(H,18,20). The van der Waals surface area contributed by atoms with E-state index in [-0.39, 0.29) is 26.2 Å². The number of benzene rings is 1. The van der Waals surface area contributed by atoms with Crippen molar-refractivity contribution in [2.45, 2.75) is 44.1 Å². The zero-order valence-corrected chi connectivity index (χ0v) is 14.8. The largest absolute Gasteiger partial charge is 0.461 e. The van der Waals surface area contributed by atoms with Gasteiger partial charge in [0.05, 0.1) is 6.54 Å².